The molecule has 0 aliphatic heterocycles. The van der Waals surface area contributed by atoms with E-state index in [9.17, 15) is 9.90 Å². The Kier molecular flexibility index (Phi) is 7.17. The van der Waals surface area contributed by atoms with E-state index in [2.05, 4.69) is 26.2 Å². The standard InChI is InChI=1S/C22H25BrN2O4/c1-3-28-20-10-15(17(23)11-21(20)29-4-2)13-25-19(22(26)27)9-14-12-24-18-8-6-5-7-16(14)18/h5-8,10-12,19,24-25H,3-4,9,13H2,1-2H3,(H,26,27). The lowest BCUT2D eigenvalue weighted by atomic mass is 10.0. The van der Waals surface area contributed by atoms with Crippen LogP contribution in [0.2, 0.25) is 0 Å². The zero-order chi connectivity index (χ0) is 20.8. The summed E-state index contributed by atoms with van der Waals surface area (Å²) in [5.41, 5.74) is 2.88. The van der Waals surface area contributed by atoms with E-state index >= 15 is 0 Å². The minimum Gasteiger partial charge on any atom is -0.490 e. The van der Waals surface area contributed by atoms with Crippen LogP contribution in [0.25, 0.3) is 10.9 Å². The summed E-state index contributed by atoms with van der Waals surface area (Å²) in [6, 6.07) is 10.9. The van der Waals surface area contributed by atoms with Gasteiger partial charge in [0.05, 0.1) is 13.2 Å². The molecule has 0 bridgehead atoms. The number of fused-ring (bicyclic) bond motifs is 1. The van der Waals surface area contributed by atoms with Crippen LogP contribution < -0.4 is 14.8 Å². The fourth-order valence-electron chi connectivity index (χ4n) is 3.25. The van der Waals surface area contributed by atoms with E-state index < -0.39 is 12.0 Å². The van der Waals surface area contributed by atoms with Gasteiger partial charge in [-0.05, 0) is 43.2 Å². The van der Waals surface area contributed by atoms with Crippen molar-refractivity contribution in [3.05, 3.63) is 58.2 Å². The van der Waals surface area contributed by atoms with Crippen LogP contribution in [0, 0.1) is 0 Å². The summed E-state index contributed by atoms with van der Waals surface area (Å²) in [7, 11) is 0. The molecule has 3 N–H and O–H groups in total. The second-order valence-electron chi connectivity index (χ2n) is 6.59. The fourth-order valence-corrected chi connectivity index (χ4v) is 3.71. The van der Waals surface area contributed by atoms with Crippen LogP contribution in [-0.4, -0.2) is 35.3 Å². The van der Waals surface area contributed by atoms with Crippen LogP contribution in [0.5, 0.6) is 11.5 Å². The van der Waals surface area contributed by atoms with Gasteiger partial charge < -0.3 is 19.6 Å². The van der Waals surface area contributed by atoms with Crippen LogP contribution >= 0.6 is 15.9 Å². The summed E-state index contributed by atoms with van der Waals surface area (Å²) in [6.07, 6.45) is 2.26. The first kappa shape index (κ1) is 21.2. The van der Waals surface area contributed by atoms with Gasteiger partial charge in [-0.3, -0.25) is 10.1 Å². The number of hydrogen-bond acceptors (Lipinski definition) is 4. The number of nitrogens with one attached hydrogen (secondary N) is 2. The Labute approximate surface area is 178 Å². The summed E-state index contributed by atoms with van der Waals surface area (Å²) in [4.78, 5) is 15.0. The summed E-state index contributed by atoms with van der Waals surface area (Å²) >= 11 is 3.55. The topological polar surface area (TPSA) is 83.6 Å². The zero-order valence-electron chi connectivity index (χ0n) is 16.5. The van der Waals surface area contributed by atoms with E-state index in [1.165, 1.54) is 0 Å². The van der Waals surface area contributed by atoms with Gasteiger partial charge in [-0.15, -0.1) is 0 Å². The second kappa shape index (κ2) is 9.80. The Morgan fingerprint density at radius 1 is 1.14 bits per heavy atom. The van der Waals surface area contributed by atoms with Crippen molar-refractivity contribution in [2.75, 3.05) is 13.2 Å². The van der Waals surface area contributed by atoms with Crippen molar-refractivity contribution < 1.29 is 19.4 Å². The van der Waals surface area contributed by atoms with Crippen molar-refractivity contribution >= 4 is 32.8 Å². The van der Waals surface area contributed by atoms with E-state index in [4.69, 9.17) is 9.47 Å². The molecule has 0 fully saturated rings. The monoisotopic (exact) mass is 460 g/mol. The first-order valence-corrected chi connectivity index (χ1v) is 10.4. The molecule has 0 saturated carbocycles. The number of aliphatic carboxylic acids is 1. The molecule has 154 valence electrons. The first-order valence-electron chi connectivity index (χ1n) is 9.62. The molecule has 1 unspecified atom stereocenters. The maximum atomic E-state index is 11.8. The molecule has 6 nitrogen and oxygen atoms in total. The highest BCUT2D eigenvalue weighted by Crippen LogP contribution is 2.34. The molecular formula is C22H25BrN2O4. The molecule has 0 saturated heterocycles. The van der Waals surface area contributed by atoms with E-state index in [0.29, 0.717) is 37.7 Å². The van der Waals surface area contributed by atoms with E-state index in [0.717, 1.165) is 26.5 Å². The Morgan fingerprint density at radius 3 is 2.52 bits per heavy atom. The molecule has 2 aromatic carbocycles. The third-order valence-corrected chi connectivity index (χ3v) is 5.39. The summed E-state index contributed by atoms with van der Waals surface area (Å²) in [5, 5.41) is 13.9. The third kappa shape index (κ3) is 5.10. The van der Waals surface area contributed by atoms with Crippen LogP contribution in [-0.2, 0) is 17.8 Å². The van der Waals surface area contributed by atoms with Gasteiger partial charge in [0.1, 0.15) is 6.04 Å². The van der Waals surface area contributed by atoms with Gasteiger partial charge >= 0.3 is 5.97 Å². The Balaban J connectivity index is 1.76. The molecule has 0 radical (unpaired) electrons. The molecule has 7 heteroatoms. The largest absolute Gasteiger partial charge is 0.490 e. The minimum absolute atomic E-state index is 0.381. The molecular weight excluding hydrogens is 436 g/mol. The number of H-pyrrole nitrogens is 1. The lowest BCUT2D eigenvalue weighted by Crippen LogP contribution is -2.38. The first-order chi connectivity index (χ1) is 14.0. The van der Waals surface area contributed by atoms with Crippen molar-refractivity contribution in [2.24, 2.45) is 0 Å². The van der Waals surface area contributed by atoms with Crippen molar-refractivity contribution in [1.82, 2.24) is 10.3 Å². The SMILES string of the molecule is CCOc1cc(Br)c(CNC(Cc2c[nH]c3ccccc23)C(=O)O)cc1OCC. The average molecular weight is 461 g/mol. The fraction of sp³-hybridized carbons (Fsp3) is 0.318. The van der Waals surface area contributed by atoms with Gasteiger partial charge in [0.15, 0.2) is 11.5 Å². The Hall–Kier alpha value is -2.51. The molecule has 3 rings (SSSR count). The lowest BCUT2D eigenvalue weighted by Gasteiger charge is -2.17. The summed E-state index contributed by atoms with van der Waals surface area (Å²) in [6.45, 7) is 5.27. The van der Waals surface area contributed by atoms with Gasteiger partial charge in [-0.1, -0.05) is 34.1 Å². The number of aromatic nitrogens is 1. The predicted octanol–water partition coefficient (Wildman–Crippen LogP) is 4.51. The van der Waals surface area contributed by atoms with E-state index in [-0.39, 0.29) is 0 Å². The number of ether oxygens (including phenoxy) is 2. The highest BCUT2D eigenvalue weighted by atomic mass is 79.9. The number of hydrogen-bond donors (Lipinski definition) is 3. The zero-order valence-corrected chi connectivity index (χ0v) is 18.1. The molecule has 1 aromatic heterocycles. The van der Waals surface area contributed by atoms with Gasteiger partial charge in [0, 0.05) is 34.5 Å². The van der Waals surface area contributed by atoms with Gasteiger partial charge in [0.2, 0.25) is 0 Å². The van der Waals surface area contributed by atoms with Crippen LogP contribution in [0.4, 0.5) is 0 Å². The Morgan fingerprint density at radius 2 is 1.83 bits per heavy atom. The number of para-hydroxylation sites is 1. The van der Waals surface area contributed by atoms with Gasteiger partial charge in [0.25, 0.3) is 0 Å². The Bertz CT molecular complexity index is 986. The van der Waals surface area contributed by atoms with Gasteiger partial charge in [-0.25, -0.2) is 0 Å². The molecule has 1 atom stereocenters. The van der Waals surface area contributed by atoms with Crippen LogP contribution in [0.1, 0.15) is 25.0 Å². The number of halogens is 1. The number of aromatic amines is 1. The van der Waals surface area contributed by atoms with Crippen molar-refractivity contribution in [1.29, 1.82) is 0 Å². The number of carbonyl (C=O) groups is 1. The highest BCUT2D eigenvalue weighted by molar-refractivity contribution is 9.10. The lowest BCUT2D eigenvalue weighted by molar-refractivity contribution is -0.139. The van der Waals surface area contributed by atoms with Crippen LogP contribution in [0.15, 0.2) is 47.1 Å². The quantitative estimate of drug-likeness (QED) is 0.414. The molecule has 0 aliphatic carbocycles. The smallest absolute Gasteiger partial charge is 0.321 e. The number of carboxylic acid groups (broad SMARTS) is 1. The maximum absolute atomic E-state index is 11.8. The molecule has 0 spiro atoms. The van der Waals surface area contributed by atoms with Gasteiger partial charge in [-0.2, -0.15) is 0 Å². The average Bonchev–Trinajstić information content (AvgIpc) is 3.11. The highest BCUT2D eigenvalue weighted by Gasteiger charge is 2.20. The van der Waals surface area contributed by atoms with Crippen molar-refractivity contribution in [3.63, 3.8) is 0 Å². The maximum Gasteiger partial charge on any atom is 0.321 e. The molecule has 0 aliphatic rings. The van der Waals surface area contributed by atoms with E-state index in [1.807, 2.05) is 56.4 Å². The number of carboxylic acids is 1. The molecule has 3 aromatic rings. The van der Waals surface area contributed by atoms with Crippen LogP contribution in [0.3, 0.4) is 0 Å². The summed E-state index contributed by atoms with van der Waals surface area (Å²) < 4.78 is 12.1. The van der Waals surface area contributed by atoms with E-state index in [1.54, 1.807) is 0 Å². The number of benzene rings is 2. The summed E-state index contributed by atoms with van der Waals surface area (Å²) in [5.74, 6) is 0.429. The molecule has 1 heterocycles. The minimum atomic E-state index is -0.887. The molecule has 29 heavy (non-hydrogen) atoms. The second-order valence-corrected chi connectivity index (χ2v) is 7.45. The van der Waals surface area contributed by atoms with Crippen molar-refractivity contribution in [3.8, 4) is 11.5 Å². The molecule has 0 amide bonds. The third-order valence-electron chi connectivity index (χ3n) is 4.65. The van der Waals surface area contributed by atoms with Crippen molar-refractivity contribution in [2.45, 2.75) is 32.9 Å². The number of rotatable bonds is 10. The predicted molar refractivity (Wildman–Crippen MR) is 117 cm³/mol. The normalized spacial score (nSPS) is 12.1.